The second-order valence-electron chi connectivity index (χ2n) is 9.02. The van der Waals surface area contributed by atoms with Crippen LogP contribution in [-0.4, -0.2) is 57.1 Å². The van der Waals surface area contributed by atoms with Gasteiger partial charge in [-0.2, -0.15) is 0 Å². The molecule has 0 saturated carbocycles. The molecule has 0 atom stereocenters. The smallest absolute Gasteiger partial charge is 0.264 e. The SMILES string of the molecule is COc1ccccc1N1CCN(C(=O)c2ccc3c(c2)N(C)C(=O)C(=Cc2cccc(C)c2)S3)CC1. The molecule has 6 nitrogen and oxygen atoms in total. The van der Waals surface area contributed by atoms with Gasteiger partial charge in [-0.05, 0) is 48.9 Å². The molecule has 2 heterocycles. The summed E-state index contributed by atoms with van der Waals surface area (Å²) in [6, 6.07) is 21.7. The number of aryl methyl sites for hydroxylation is 1. The van der Waals surface area contributed by atoms with Gasteiger partial charge in [0.15, 0.2) is 0 Å². The first-order valence-electron chi connectivity index (χ1n) is 12.0. The van der Waals surface area contributed by atoms with Crippen LogP contribution in [0.25, 0.3) is 6.08 Å². The van der Waals surface area contributed by atoms with E-state index in [2.05, 4.69) is 11.0 Å². The van der Waals surface area contributed by atoms with Gasteiger partial charge >= 0.3 is 0 Å². The third-order valence-electron chi connectivity index (χ3n) is 6.64. The van der Waals surface area contributed by atoms with Crippen molar-refractivity contribution in [3.05, 3.63) is 88.3 Å². The van der Waals surface area contributed by atoms with Gasteiger partial charge in [-0.3, -0.25) is 9.59 Å². The van der Waals surface area contributed by atoms with Crippen LogP contribution in [0.5, 0.6) is 5.75 Å². The molecular formula is C29H29N3O3S. The number of fused-ring (bicyclic) bond motifs is 1. The molecule has 5 rings (SSSR count). The van der Waals surface area contributed by atoms with E-state index in [1.165, 1.54) is 11.8 Å². The van der Waals surface area contributed by atoms with E-state index in [4.69, 9.17) is 4.74 Å². The third-order valence-corrected chi connectivity index (χ3v) is 7.71. The van der Waals surface area contributed by atoms with E-state index in [1.807, 2.05) is 78.6 Å². The molecule has 36 heavy (non-hydrogen) atoms. The first-order chi connectivity index (χ1) is 17.4. The Kier molecular flexibility index (Phi) is 6.74. The van der Waals surface area contributed by atoms with Crippen molar-refractivity contribution in [1.82, 2.24) is 4.90 Å². The number of carbonyl (C=O) groups excluding carboxylic acids is 2. The van der Waals surface area contributed by atoms with Crippen LogP contribution in [0.1, 0.15) is 21.5 Å². The minimum atomic E-state index is -0.0657. The largest absolute Gasteiger partial charge is 0.495 e. The number of piperazine rings is 1. The number of nitrogens with zero attached hydrogens (tertiary/aromatic N) is 3. The van der Waals surface area contributed by atoms with Crippen LogP contribution in [0.4, 0.5) is 11.4 Å². The normalized spacial score (nSPS) is 16.8. The van der Waals surface area contributed by atoms with Gasteiger partial charge < -0.3 is 19.4 Å². The predicted molar refractivity (Wildman–Crippen MR) is 146 cm³/mol. The van der Waals surface area contributed by atoms with Gasteiger partial charge in [0.1, 0.15) is 5.75 Å². The van der Waals surface area contributed by atoms with Gasteiger partial charge in [-0.1, -0.05) is 53.7 Å². The van der Waals surface area contributed by atoms with Crippen LogP contribution >= 0.6 is 11.8 Å². The quantitative estimate of drug-likeness (QED) is 0.469. The van der Waals surface area contributed by atoms with Crippen molar-refractivity contribution >= 4 is 41.0 Å². The maximum Gasteiger partial charge on any atom is 0.264 e. The van der Waals surface area contributed by atoms with Crippen LogP contribution < -0.4 is 14.5 Å². The van der Waals surface area contributed by atoms with E-state index in [9.17, 15) is 9.59 Å². The average molecular weight is 500 g/mol. The number of likely N-dealkylation sites (N-methyl/N-ethyl adjacent to an activating group) is 1. The van der Waals surface area contributed by atoms with Crippen LogP contribution in [0.15, 0.2) is 76.5 Å². The summed E-state index contributed by atoms with van der Waals surface area (Å²) in [6.45, 7) is 4.76. The zero-order valence-electron chi connectivity index (χ0n) is 20.7. The zero-order chi connectivity index (χ0) is 25.2. The summed E-state index contributed by atoms with van der Waals surface area (Å²) in [4.78, 5) is 33.9. The molecule has 3 aromatic carbocycles. The molecule has 0 unspecified atom stereocenters. The molecule has 2 amide bonds. The topological polar surface area (TPSA) is 53.1 Å². The van der Waals surface area contributed by atoms with E-state index in [0.717, 1.165) is 46.2 Å². The fourth-order valence-corrected chi connectivity index (χ4v) is 5.75. The molecule has 0 spiro atoms. The number of methoxy groups -OCH3 is 1. The average Bonchev–Trinajstić information content (AvgIpc) is 2.91. The highest BCUT2D eigenvalue weighted by molar-refractivity contribution is 8.04. The van der Waals surface area contributed by atoms with Gasteiger partial charge in [0.25, 0.3) is 11.8 Å². The number of rotatable bonds is 4. The summed E-state index contributed by atoms with van der Waals surface area (Å²) >= 11 is 1.45. The summed E-state index contributed by atoms with van der Waals surface area (Å²) in [5.74, 6) is 0.765. The molecule has 7 heteroatoms. The number of ether oxygens (including phenoxy) is 1. The maximum absolute atomic E-state index is 13.3. The first-order valence-corrected chi connectivity index (χ1v) is 12.8. The third kappa shape index (κ3) is 4.71. The monoisotopic (exact) mass is 499 g/mol. The number of hydrogen-bond donors (Lipinski definition) is 0. The number of carbonyl (C=O) groups is 2. The zero-order valence-corrected chi connectivity index (χ0v) is 21.5. The Bertz CT molecular complexity index is 1350. The lowest BCUT2D eigenvalue weighted by atomic mass is 10.1. The lowest BCUT2D eigenvalue weighted by molar-refractivity contribution is -0.114. The fourth-order valence-electron chi connectivity index (χ4n) is 4.66. The van der Waals surface area contributed by atoms with Crippen LogP contribution in [0.2, 0.25) is 0 Å². The summed E-state index contributed by atoms with van der Waals surface area (Å²) in [6.07, 6.45) is 1.93. The Balaban J connectivity index is 1.31. The van der Waals surface area contributed by atoms with Gasteiger partial charge in [-0.25, -0.2) is 0 Å². The molecule has 0 aliphatic carbocycles. The van der Waals surface area contributed by atoms with Crippen molar-refractivity contribution in [1.29, 1.82) is 0 Å². The summed E-state index contributed by atoms with van der Waals surface area (Å²) in [7, 11) is 3.45. The van der Waals surface area contributed by atoms with Crippen molar-refractivity contribution in [2.24, 2.45) is 0 Å². The standard InChI is InChI=1S/C29H29N3O3S/c1-20-7-6-8-21(17-20)18-27-29(34)30(2)24-19-22(11-12-26(24)36-27)28(33)32-15-13-31(14-16-32)23-9-4-5-10-25(23)35-3/h4-12,17-19H,13-16H2,1-3H3. The van der Waals surface area contributed by atoms with E-state index in [0.29, 0.717) is 23.6 Å². The Morgan fingerprint density at radius 1 is 0.944 bits per heavy atom. The molecule has 0 N–H and O–H groups in total. The van der Waals surface area contributed by atoms with Gasteiger partial charge in [0.05, 0.1) is 23.4 Å². The van der Waals surface area contributed by atoms with Crippen molar-refractivity contribution in [2.45, 2.75) is 11.8 Å². The van der Waals surface area contributed by atoms with Crippen molar-refractivity contribution in [2.75, 3.05) is 50.1 Å². The van der Waals surface area contributed by atoms with Gasteiger partial charge in [0, 0.05) is 43.7 Å². The van der Waals surface area contributed by atoms with E-state index < -0.39 is 0 Å². The number of thioether (sulfide) groups is 1. The molecule has 0 radical (unpaired) electrons. The second kappa shape index (κ2) is 10.1. The highest BCUT2D eigenvalue weighted by Crippen LogP contribution is 2.42. The van der Waals surface area contributed by atoms with Crippen molar-refractivity contribution < 1.29 is 14.3 Å². The van der Waals surface area contributed by atoms with Gasteiger partial charge in [-0.15, -0.1) is 0 Å². The van der Waals surface area contributed by atoms with E-state index in [-0.39, 0.29) is 11.8 Å². The number of hydrogen-bond acceptors (Lipinski definition) is 5. The van der Waals surface area contributed by atoms with Crippen LogP contribution in [0, 0.1) is 6.92 Å². The Labute approximate surface area is 216 Å². The number of benzene rings is 3. The van der Waals surface area contributed by atoms with E-state index >= 15 is 0 Å². The molecule has 1 saturated heterocycles. The molecule has 1 fully saturated rings. The molecule has 184 valence electrons. The minimum absolute atomic E-state index is 0.00979. The molecule has 2 aliphatic rings. The highest BCUT2D eigenvalue weighted by Gasteiger charge is 2.29. The second-order valence-corrected chi connectivity index (χ2v) is 10.1. The predicted octanol–water partition coefficient (Wildman–Crippen LogP) is 5.08. The summed E-state index contributed by atoms with van der Waals surface area (Å²) < 4.78 is 5.50. The first kappa shape index (κ1) is 24.0. The molecule has 3 aromatic rings. The highest BCUT2D eigenvalue weighted by atomic mass is 32.2. The van der Waals surface area contributed by atoms with Crippen LogP contribution in [0.3, 0.4) is 0 Å². The Hall–Kier alpha value is -3.71. The summed E-state index contributed by atoms with van der Waals surface area (Å²) in [5.41, 5.74) is 4.57. The number of amides is 2. The fraction of sp³-hybridized carbons (Fsp3) is 0.241. The van der Waals surface area contributed by atoms with Gasteiger partial charge in [0.2, 0.25) is 0 Å². The molecular weight excluding hydrogens is 470 g/mol. The number of anilines is 2. The Morgan fingerprint density at radius 3 is 2.47 bits per heavy atom. The van der Waals surface area contributed by atoms with Crippen LogP contribution in [-0.2, 0) is 4.79 Å². The van der Waals surface area contributed by atoms with Crippen molar-refractivity contribution in [3.63, 3.8) is 0 Å². The molecule has 0 bridgehead atoms. The lowest BCUT2D eigenvalue weighted by Gasteiger charge is -2.37. The van der Waals surface area contributed by atoms with E-state index in [1.54, 1.807) is 19.1 Å². The molecule has 0 aromatic heterocycles. The number of para-hydroxylation sites is 2. The lowest BCUT2D eigenvalue weighted by Crippen LogP contribution is -2.49. The minimum Gasteiger partial charge on any atom is -0.495 e. The maximum atomic E-state index is 13.3. The van der Waals surface area contributed by atoms with Crippen molar-refractivity contribution in [3.8, 4) is 5.75 Å². The Morgan fingerprint density at radius 2 is 1.72 bits per heavy atom. The summed E-state index contributed by atoms with van der Waals surface area (Å²) in [5, 5.41) is 0. The molecule has 2 aliphatic heterocycles.